The molecule has 0 heterocycles. The van der Waals surface area contributed by atoms with Gasteiger partial charge in [0.1, 0.15) is 5.82 Å². The van der Waals surface area contributed by atoms with Gasteiger partial charge < -0.3 is 10.1 Å². The number of hydrogen-bond donors (Lipinski definition) is 1. The molecular weight excluding hydrogens is 253 g/mol. The molecule has 1 aliphatic carbocycles. The first-order valence-electron chi connectivity index (χ1n) is 6.43. The molecule has 0 aromatic heterocycles. The summed E-state index contributed by atoms with van der Waals surface area (Å²) in [5, 5.41) is 3.69. The van der Waals surface area contributed by atoms with E-state index in [1.165, 1.54) is 18.9 Å². The van der Waals surface area contributed by atoms with Crippen LogP contribution in [0, 0.1) is 5.82 Å². The molecule has 4 heteroatoms. The second kappa shape index (κ2) is 6.50. The van der Waals surface area contributed by atoms with E-state index in [1.807, 2.05) is 7.05 Å². The summed E-state index contributed by atoms with van der Waals surface area (Å²) in [6, 6.07) is 5.10. The molecule has 0 spiro atoms. The normalized spacial score (nSPS) is 24.2. The third-order valence-electron chi connectivity index (χ3n) is 3.54. The molecule has 1 aromatic carbocycles. The maximum absolute atomic E-state index is 13.6. The van der Waals surface area contributed by atoms with Crippen molar-refractivity contribution in [3.63, 3.8) is 0 Å². The van der Waals surface area contributed by atoms with Crippen LogP contribution in [-0.2, 0) is 11.3 Å². The van der Waals surface area contributed by atoms with Gasteiger partial charge in [0.05, 0.1) is 12.7 Å². The van der Waals surface area contributed by atoms with Crippen molar-refractivity contribution < 1.29 is 9.13 Å². The first-order chi connectivity index (χ1) is 8.70. The van der Waals surface area contributed by atoms with Crippen LogP contribution in [0.1, 0.15) is 31.2 Å². The molecule has 0 bridgehead atoms. The fourth-order valence-corrected chi connectivity index (χ4v) is 2.62. The molecule has 1 aromatic rings. The van der Waals surface area contributed by atoms with Crippen LogP contribution in [0.3, 0.4) is 0 Å². The van der Waals surface area contributed by atoms with Crippen molar-refractivity contribution in [3.8, 4) is 0 Å². The minimum atomic E-state index is -0.292. The molecule has 2 nitrogen and oxygen atoms in total. The Kier molecular flexibility index (Phi) is 4.98. The monoisotopic (exact) mass is 271 g/mol. The fraction of sp³-hybridized carbons (Fsp3) is 0.571. The number of benzene rings is 1. The quantitative estimate of drug-likeness (QED) is 0.905. The van der Waals surface area contributed by atoms with Crippen LogP contribution < -0.4 is 5.32 Å². The number of likely N-dealkylation sites (N-methyl/N-ethyl adjacent to an activating group) is 1. The lowest BCUT2D eigenvalue weighted by Gasteiger charge is -2.31. The molecule has 2 atom stereocenters. The highest BCUT2D eigenvalue weighted by Crippen LogP contribution is 2.23. The molecule has 0 amide bonds. The largest absolute Gasteiger partial charge is 0.372 e. The molecule has 1 saturated carbocycles. The van der Waals surface area contributed by atoms with Gasteiger partial charge in [-0.3, -0.25) is 0 Å². The summed E-state index contributed by atoms with van der Waals surface area (Å²) in [6.45, 7) is 0.311. The highest BCUT2D eigenvalue weighted by Gasteiger charge is 2.24. The Morgan fingerprint density at radius 3 is 2.89 bits per heavy atom. The predicted octanol–water partition coefficient (Wildman–Crippen LogP) is 3.53. The SMILES string of the molecule is CNC1CCCCC1OCc1ccc(Cl)cc1F. The number of ether oxygens (including phenoxy) is 1. The number of hydrogen-bond acceptors (Lipinski definition) is 2. The Labute approximate surface area is 112 Å². The Bertz CT molecular complexity index is 399. The lowest BCUT2D eigenvalue weighted by Crippen LogP contribution is -2.41. The molecule has 18 heavy (non-hydrogen) atoms. The van der Waals surface area contributed by atoms with Crippen LogP contribution in [0.15, 0.2) is 18.2 Å². The third kappa shape index (κ3) is 3.44. The summed E-state index contributed by atoms with van der Waals surface area (Å²) in [5.41, 5.74) is 0.569. The molecule has 1 fully saturated rings. The van der Waals surface area contributed by atoms with E-state index >= 15 is 0 Å². The summed E-state index contributed by atoms with van der Waals surface area (Å²) in [4.78, 5) is 0. The lowest BCUT2D eigenvalue weighted by molar-refractivity contribution is -0.00469. The van der Waals surface area contributed by atoms with E-state index in [2.05, 4.69) is 5.32 Å². The molecule has 2 unspecified atom stereocenters. The molecule has 100 valence electrons. The number of nitrogens with one attached hydrogen (secondary N) is 1. The van der Waals surface area contributed by atoms with Gasteiger partial charge in [0.2, 0.25) is 0 Å². The second-order valence-electron chi connectivity index (χ2n) is 4.76. The van der Waals surface area contributed by atoms with Crippen molar-refractivity contribution >= 4 is 11.6 Å². The van der Waals surface area contributed by atoms with Crippen molar-refractivity contribution in [2.45, 2.75) is 44.4 Å². The second-order valence-corrected chi connectivity index (χ2v) is 5.20. The topological polar surface area (TPSA) is 21.3 Å². The average Bonchev–Trinajstić information content (AvgIpc) is 2.38. The fourth-order valence-electron chi connectivity index (χ4n) is 2.46. The highest BCUT2D eigenvalue weighted by atomic mass is 35.5. The summed E-state index contributed by atoms with van der Waals surface area (Å²) in [7, 11) is 1.95. The van der Waals surface area contributed by atoms with E-state index in [1.54, 1.807) is 12.1 Å². The number of rotatable bonds is 4. The summed E-state index contributed by atoms with van der Waals surface area (Å²) in [6.07, 6.45) is 4.77. The van der Waals surface area contributed by atoms with Gasteiger partial charge in [-0.15, -0.1) is 0 Å². The zero-order valence-electron chi connectivity index (χ0n) is 10.6. The third-order valence-corrected chi connectivity index (χ3v) is 3.78. The van der Waals surface area contributed by atoms with Gasteiger partial charge in [0.15, 0.2) is 0 Å². The zero-order valence-corrected chi connectivity index (χ0v) is 11.3. The minimum absolute atomic E-state index is 0.179. The van der Waals surface area contributed by atoms with Gasteiger partial charge in [0, 0.05) is 16.6 Å². The maximum atomic E-state index is 13.6. The molecule has 0 saturated heterocycles. The first-order valence-corrected chi connectivity index (χ1v) is 6.81. The van der Waals surface area contributed by atoms with Gasteiger partial charge in [-0.25, -0.2) is 4.39 Å². The van der Waals surface area contributed by atoms with Crippen molar-refractivity contribution in [2.24, 2.45) is 0 Å². The minimum Gasteiger partial charge on any atom is -0.372 e. The summed E-state index contributed by atoms with van der Waals surface area (Å²) in [5.74, 6) is -0.292. The molecular formula is C14H19ClFNO. The van der Waals surface area contributed by atoms with Crippen LogP contribution in [0.2, 0.25) is 5.02 Å². The zero-order chi connectivity index (χ0) is 13.0. The van der Waals surface area contributed by atoms with Crippen LogP contribution in [0.5, 0.6) is 0 Å². The van der Waals surface area contributed by atoms with Gasteiger partial charge in [-0.2, -0.15) is 0 Å². The van der Waals surface area contributed by atoms with E-state index in [0.717, 1.165) is 12.8 Å². The molecule has 2 rings (SSSR count). The predicted molar refractivity (Wildman–Crippen MR) is 71.3 cm³/mol. The average molecular weight is 272 g/mol. The Morgan fingerprint density at radius 2 is 2.17 bits per heavy atom. The first kappa shape index (κ1) is 13.8. The van der Waals surface area contributed by atoms with E-state index in [0.29, 0.717) is 23.2 Å². The van der Waals surface area contributed by atoms with E-state index in [4.69, 9.17) is 16.3 Å². The Morgan fingerprint density at radius 1 is 1.39 bits per heavy atom. The highest BCUT2D eigenvalue weighted by molar-refractivity contribution is 6.30. The van der Waals surface area contributed by atoms with Crippen LogP contribution in [-0.4, -0.2) is 19.2 Å². The lowest BCUT2D eigenvalue weighted by atomic mass is 9.92. The smallest absolute Gasteiger partial charge is 0.130 e. The van der Waals surface area contributed by atoms with Crippen molar-refractivity contribution in [2.75, 3.05) is 7.05 Å². The van der Waals surface area contributed by atoms with E-state index in [9.17, 15) is 4.39 Å². The summed E-state index contributed by atoms with van der Waals surface area (Å²) < 4.78 is 19.5. The molecule has 1 aliphatic rings. The van der Waals surface area contributed by atoms with Crippen LogP contribution in [0.25, 0.3) is 0 Å². The number of halogens is 2. The van der Waals surface area contributed by atoms with Gasteiger partial charge in [0.25, 0.3) is 0 Å². The van der Waals surface area contributed by atoms with Crippen LogP contribution in [0.4, 0.5) is 4.39 Å². The van der Waals surface area contributed by atoms with E-state index in [-0.39, 0.29) is 11.9 Å². The standard InChI is InChI=1S/C14H19ClFNO/c1-17-13-4-2-3-5-14(13)18-9-10-6-7-11(15)8-12(10)16/h6-8,13-14,17H,2-5,9H2,1H3. The van der Waals surface area contributed by atoms with Crippen molar-refractivity contribution in [1.29, 1.82) is 0 Å². The maximum Gasteiger partial charge on any atom is 0.130 e. The van der Waals surface area contributed by atoms with Crippen LogP contribution >= 0.6 is 11.6 Å². The van der Waals surface area contributed by atoms with Gasteiger partial charge in [-0.1, -0.05) is 30.5 Å². The van der Waals surface area contributed by atoms with Gasteiger partial charge in [-0.05, 0) is 32.0 Å². The Hall–Kier alpha value is -0.640. The van der Waals surface area contributed by atoms with Crippen molar-refractivity contribution in [3.05, 3.63) is 34.6 Å². The molecule has 0 radical (unpaired) electrons. The van der Waals surface area contributed by atoms with Crippen molar-refractivity contribution in [1.82, 2.24) is 5.32 Å². The molecule has 1 N–H and O–H groups in total. The summed E-state index contributed by atoms with van der Waals surface area (Å²) >= 11 is 5.72. The van der Waals surface area contributed by atoms with E-state index < -0.39 is 0 Å². The Balaban J connectivity index is 1.93. The molecule has 0 aliphatic heterocycles. The van der Waals surface area contributed by atoms with Gasteiger partial charge >= 0.3 is 0 Å².